The molecule has 5 heterocycles. The van der Waals surface area contributed by atoms with Crippen LogP contribution in [0, 0.1) is 0 Å². The van der Waals surface area contributed by atoms with Crippen molar-refractivity contribution < 1.29 is 14.7 Å². The van der Waals surface area contributed by atoms with Gasteiger partial charge < -0.3 is 20.4 Å². The van der Waals surface area contributed by atoms with Gasteiger partial charge in [-0.2, -0.15) is 0 Å². The topological polar surface area (TPSA) is 124 Å². The number of carboxylic acids is 1. The van der Waals surface area contributed by atoms with Gasteiger partial charge in [-0.1, -0.05) is 0 Å². The van der Waals surface area contributed by atoms with Crippen LogP contribution >= 0.6 is 0 Å². The van der Waals surface area contributed by atoms with Gasteiger partial charge in [0.25, 0.3) is 0 Å². The maximum atomic E-state index is 13.6. The zero-order valence-electron chi connectivity index (χ0n) is 19.0. The highest BCUT2D eigenvalue weighted by atomic mass is 16.4. The Bertz CT molecular complexity index is 1420. The Morgan fingerprint density at radius 3 is 2.15 bits per heavy atom. The number of carbonyl (C=O) groups excluding carboxylic acids is 1. The summed E-state index contributed by atoms with van der Waals surface area (Å²) in [5, 5.41) is 12.1. The first-order valence-corrected chi connectivity index (χ1v) is 11.6. The van der Waals surface area contributed by atoms with Gasteiger partial charge in [0, 0.05) is 40.1 Å². The van der Waals surface area contributed by atoms with E-state index < -0.39 is 12.0 Å². The van der Waals surface area contributed by atoms with Gasteiger partial charge in [0.15, 0.2) is 5.78 Å². The number of hydrogen-bond donors (Lipinski definition) is 4. The summed E-state index contributed by atoms with van der Waals surface area (Å²) in [6.07, 6.45) is 3.23. The predicted octanol–water partition coefficient (Wildman–Crippen LogP) is 3.52. The van der Waals surface area contributed by atoms with E-state index in [4.69, 9.17) is 15.1 Å². The van der Waals surface area contributed by atoms with Crippen LogP contribution in [-0.4, -0.2) is 49.9 Å². The lowest BCUT2D eigenvalue weighted by Crippen LogP contribution is -2.35. The molecule has 174 valence electrons. The highest BCUT2D eigenvalue weighted by molar-refractivity contribution is 6.06. The van der Waals surface area contributed by atoms with E-state index in [1.54, 1.807) is 7.05 Å². The number of fused-ring (bicyclic) bond motifs is 8. The molecule has 0 aromatic carbocycles. The molecule has 8 bridgehead atoms. The summed E-state index contributed by atoms with van der Waals surface area (Å²) in [7, 11) is 1.68. The summed E-state index contributed by atoms with van der Waals surface area (Å²) in [6.45, 7) is 0. The fourth-order valence-corrected chi connectivity index (χ4v) is 4.64. The number of H-pyrrole nitrogens is 2. The molecule has 3 aromatic rings. The van der Waals surface area contributed by atoms with E-state index in [2.05, 4.69) is 21.4 Å². The van der Waals surface area contributed by atoms with Gasteiger partial charge in [0.05, 0.1) is 22.8 Å². The number of aromatic amines is 2. The van der Waals surface area contributed by atoms with E-state index in [1.807, 2.05) is 36.4 Å². The summed E-state index contributed by atoms with van der Waals surface area (Å²) in [4.78, 5) is 41.1. The van der Waals surface area contributed by atoms with Gasteiger partial charge in [0.1, 0.15) is 0 Å². The number of likely N-dealkylation sites (N-methyl/N-ethyl adjacent to an activating group) is 1. The van der Waals surface area contributed by atoms with Crippen LogP contribution in [0.3, 0.4) is 0 Å². The van der Waals surface area contributed by atoms with Crippen LogP contribution in [-0.2, 0) is 30.5 Å². The minimum Gasteiger partial charge on any atom is -0.481 e. The predicted molar refractivity (Wildman–Crippen MR) is 130 cm³/mol. The smallest absolute Gasteiger partial charge is 0.303 e. The number of nitrogens with one attached hydrogen (secondary N) is 3. The zero-order chi connectivity index (χ0) is 23.7. The molecule has 0 radical (unpaired) electrons. The molecular weight excluding hydrogens is 430 g/mol. The number of aliphatic carboxylic acids is 1. The Kier molecular flexibility index (Phi) is 5.98. The van der Waals surface area contributed by atoms with E-state index in [9.17, 15) is 9.59 Å². The quantitative estimate of drug-likeness (QED) is 0.420. The molecule has 0 spiro atoms. The summed E-state index contributed by atoms with van der Waals surface area (Å²) < 4.78 is 0. The van der Waals surface area contributed by atoms with Crippen LogP contribution < -0.4 is 5.32 Å². The summed E-state index contributed by atoms with van der Waals surface area (Å²) in [5.74, 6) is -1.07. The van der Waals surface area contributed by atoms with Crippen LogP contribution in [0.15, 0.2) is 42.5 Å². The van der Waals surface area contributed by atoms with Crippen molar-refractivity contribution in [2.24, 2.45) is 0 Å². The van der Waals surface area contributed by atoms with Crippen molar-refractivity contribution in [1.82, 2.24) is 25.3 Å². The van der Waals surface area contributed by atoms with Crippen molar-refractivity contribution in [2.75, 3.05) is 7.05 Å². The molecule has 8 heteroatoms. The van der Waals surface area contributed by atoms with Gasteiger partial charge in [-0.05, 0) is 81.6 Å². The Hall–Kier alpha value is -3.78. The van der Waals surface area contributed by atoms with E-state index in [1.165, 1.54) is 0 Å². The molecule has 5 rings (SSSR count). The second kappa shape index (κ2) is 9.23. The van der Waals surface area contributed by atoms with Crippen molar-refractivity contribution in [1.29, 1.82) is 0 Å². The third-order valence-electron chi connectivity index (χ3n) is 6.34. The minimum absolute atomic E-state index is 0.0866. The molecule has 0 saturated heterocycles. The van der Waals surface area contributed by atoms with Crippen molar-refractivity contribution >= 4 is 33.8 Å². The van der Waals surface area contributed by atoms with Crippen LogP contribution in [0.25, 0.3) is 22.1 Å². The fraction of sp³-hybridized carbons (Fsp3) is 0.308. The molecule has 0 aliphatic carbocycles. The molecule has 1 atom stereocenters. The average Bonchev–Trinajstić information content (AvgIpc) is 3.60. The summed E-state index contributed by atoms with van der Waals surface area (Å²) in [5.41, 5.74) is 7.68. The highest BCUT2D eigenvalue weighted by Crippen LogP contribution is 2.23. The van der Waals surface area contributed by atoms with Crippen molar-refractivity contribution in [3.8, 4) is 0 Å². The lowest BCUT2D eigenvalue weighted by atomic mass is 9.98. The van der Waals surface area contributed by atoms with Gasteiger partial charge in [-0.15, -0.1) is 0 Å². The number of nitrogens with zero attached hydrogens (tertiary/aromatic N) is 2. The molecule has 2 aliphatic rings. The number of carboxylic acid groups (broad SMARTS) is 1. The Morgan fingerprint density at radius 1 is 0.912 bits per heavy atom. The largest absolute Gasteiger partial charge is 0.481 e. The number of hydrogen-bond acceptors (Lipinski definition) is 5. The molecular formula is C26H27N5O3. The molecule has 0 unspecified atom stereocenters. The number of aromatic nitrogens is 4. The molecule has 34 heavy (non-hydrogen) atoms. The molecule has 0 fully saturated rings. The lowest BCUT2D eigenvalue weighted by Gasteiger charge is -2.15. The first kappa shape index (κ1) is 22.0. The van der Waals surface area contributed by atoms with E-state index in [0.717, 1.165) is 58.6 Å². The molecule has 4 N–H and O–H groups in total. The van der Waals surface area contributed by atoms with E-state index >= 15 is 0 Å². The van der Waals surface area contributed by atoms with Crippen molar-refractivity contribution in [3.63, 3.8) is 0 Å². The Morgan fingerprint density at radius 2 is 1.50 bits per heavy atom. The Balaban J connectivity index is 1.73. The van der Waals surface area contributed by atoms with Crippen LogP contribution in [0.4, 0.5) is 0 Å². The normalized spacial score (nSPS) is 14.1. The molecule has 0 saturated carbocycles. The fourth-order valence-electron chi connectivity index (χ4n) is 4.64. The number of carbonyl (C=O) groups is 2. The second-order valence-corrected chi connectivity index (χ2v) is 8.79. The maximum Gasteiger partial charge on any atom is 0.303 e. The number of aryl methyl sites for hydroxylation is 4. The zero-order valence-corrected chi connectivity index (χ0v) is 19.0. The highest BCUT2D eigenvalue weighted by Gasteiger charge is 2.25. The third kappa shape index (κ3) is 4.63. The molecule has 0 amide bonds. The third-order valence-corrected chi connectivity index (χ3v) is 6.34. The van der Waals surface area contributed by atoms with Crippen LogP contribution in [0.2, 0.25) is 0 Å². The molecule has 8 nitrogen and oxygen atoms in total. The van der Waals surface area contributed by atoms with Crippen LogP contribution in [0.1, 0.15) is 46.0 Å². The minimum atomic E-state index is -0.924. The van der Waals surface area contributed by atoms with Gasteiger partial charge in [0.2, 0.25) is 0 Å². The number of ketones is 1. The standard InChI is InChI=1S/C26H27N5O3/c1-27-23(10-11-24(32)33)26(34)25-21-8-6-19(30-21)13-17-4-2-15(28-17)12-16-3-5-18(29-16)14-20-7-9-22(25)31-20/h2,4,7,9,12-14,23,27-28,31H,3,5-6,8,10-11H2,1H3,(H,32,33)/t23-/m0/s1. The van der Waals surface area contributed by atoms with Gasteiger partial charge >= 0.3 is 5.97 Å². The lowest BCUT2D eigenvalue weighted by molar-refractivity contribution is -0.137. The van der Waals surface area contributed by atoms with Gasteiger partial charge in [-0.3, -0.25) is 19.6 Å². The monoisotopic (exact) mass is 457 g/mol. The van der Waals surface area contributed by atoms with E-state index in [-0.39, 0.29) is 18.6 Å². The Labute approximate surface area is 196 Å². The first-order chi connectivity index (χ1) is 16.5. The SMILES string of the molecule is CN[C@@H](CCC(=O)O)C(=O)c1c2nc(cc3ccc(cc4nc(cc5ccc1[nH]5)CC4)[nH]3)CC2. The van der Waals surface area contributed by atoms with Crippen molar-refractivity contribution in [2.45, 2.75) is 44.6 Å². The number of rotatable bonds is 6. The van der Waals surface area contributed by atoms with E-state index in [0.29, 0.717) is 17.5 Å². The average molecular weight is 458 g/mol. The number of Topliss-reactive ketones (excluding diaryl/α,β-unsaturated/α-hetero) is 1. The molecule has 3 aromatic heterocycles. The van der Waals surface area contributed by atoms with Gasteiger partial charge in [-0.25, -0.2) is 0 Å². The maximum absolute atomic E-state index is 13.6. The summed E-state index contributed by atoms with van der Waals surface area (Å²) >= 11 is 0. The first-order valence-electron chi connectivity index (χ1n) is 11.6. The van der Waals surface area contributed by atoms with Crippen LogP contribution in [0.5, 0.6) is 0 Å². The second-order valence-electron chi connectivity index (χ2n) is 8.79. The van der Waals surface area contributed by atoms with Crippen molar-refractivity contribution in [3.05, 3.63) is 70.8 Å². The molecule has 2 aliphatic heterocycles. The summed E-state index contributed by atoms with van der Waals surface area (Å²) in [6, 6.07) is 13.4.